The van der Waals surface area contributed by atoms with E-state index in [1.165, 1.54) is 12.8 Å². The molecule has 0 aromatic rings. The van der Waals surface area contributed by atoms with E-state index in [9.17, 15) is 0 Å². The van der Waals surface area contributed by atoms with Gasteiger partial charge in [-0.1, -0.05) is 5.92 Å². The second-order valence-electron chi connectivity index (χ2n) is 2.72. The van der Waals surface area contributed by atoms with Crippen molar-refractivity contribution >= 4 is 5.96 Å². The van der Waals surface area contributed by atoms with Crippen molar-refractivity contribution in [3.63, 3.8) is 0 Å². The van der Waals surface area contributed by atoms with Crippen molar-refractivity contribution in [1.29, 1.82) is 0 Å². The summed E-state index contributed by atoms with van der Waals surface area (Å²) in [5.41, 5.74) is 5.62. The first kappa shape index (κ1) is 7.93. The summed E-state index contributed by atoms with van der Waals surface area (Å²) >= 11 is 0. The molecule has 3 heteroatoms. The van der Waals surface area contributed by atoms with Gasteiger partial charge in [0.15, 0.2) is 5.96 Å². The summed E-state index contributed by atoms with van der Waals surface area (Å²) in [5.74, 6) is 2.98. The second-order valence-corrected chi connectivity index (χ2v) is 2.72. The molecule has 0 radical (unpaired) electrons. The highest BCUT2D eigenvalue weighted by Gasteiger charge is 2.27. The molecule has 0 atom stereocenters. The fourth-order valence-electron chi connectivity index (χ4n) is 0.887. The molecule has 1 aliphatic carbocycles. The standard InChI is InChI=1S/C8H13N3/c1-3-6-10-8(9)11(2)7-4-5-7/h1,7H,4-6H2,2H3,(H2,9,10). The SMILES string of the molecule is C#CCN=C(N)N(C)C1CC1. The Morgan fingerprint density at radius 2 is 2.45 bits per heavy atom. The molecule has 0 unspecified atom stereocenters. The monoisotopic (exact) mass is 151 g/mol. The van der Waals surface area contributed by atoms with E-state index in [1.54, 1.807) is 0 Å². The summed E-state index contributed by atoms with van der Waals surface area (Å²) in [7, 11) is 1.95. The average molecular weight is 151 g/mol. The predicted molar refractivity (Wildman–Crippen MR) is 46.1 cm³/mol. The van der Waals surface area contributed by atoms with Gasteiger partial charge in [-0.15, -0.1) is 6.42 Å². The van der Waals surface area contributed by atoms with E-state index in [1.807, 2.05) is 11.9 Å². The molecular formula is C8H13N3. The third kappa shape index (κ3) is 2.15. The third-order valence-corrected chi connectivity index (χ3v) is 1.79. The van der Waals surface area contributed by atoms with Crippen LogP contribution in [0.15, 0.2) is 4.99 Å². The maximum Gasteiger partial charge on any atom is 0.192 e. The van der Waals surface area contributed by atoms with E-state index < -0.39 is 0 Å². The van der Waals surface area contributed by atoms with Gasteiger partial charge in [-0.25, -0.2) is 4.99 Å². The number of hydrogen-bond acceptors (Lipinski definition) is 1. The van der Waals surface area contributed by atoms with Crippen molar-refractivity contribution in [1.82, 2.24) is 4.90 Å². The van der Waals surface area contributed by atoms with E-state index >= 15 is 0 Å². The Bertz CT molecular complexity index is 198. The molecule has 1 saturated carbocycles. The van der Waals surface area contributed by atoms with Gasteiger partial charge in [-0.3, -0.25) is 0 Å². The van der Waals surface area contributed by atoms with Crippen LogP contribution in [0.4, 0.5) is 0 Å². The zero-order chi connectivity index (χ0) is 8.27. The van der Waals surface area contributed by atoms with Crippen molar-refractivity contribution in [2.45, 2.75) is 18.9 Å². The van der Waals surface area contributed by atoms with Crippen molar-refractivity contribution in [2.24, 2.45) is 10.7 Å². The molecule has 1 fully saturated rings. The molecule has 60 valence electrons. The largest absolute Gasteiger partial charge is 0.370 e. The maximum atomic E-state index is 5.62. The molecule has 11 heavy (non-hydrogen) atoms. The van der Waals surface area contributed by atoms with E-state index in [0.29, 0.717) is 18.5 Å². The van der Waals surface area contributed by atoms with Gasteiger partial charge in [0.2, 0.25) is 0 Å². The first-order valence-electron chi connectivity index (χ1n) is 3.72. The Hall–Kier alpha value is -1.17. The first-order valence-corrected chi connectivity index (χ1v) is 3.72. The lowest BCUT2D eigenvalue weighted by atomic mass is 10.6. The number of terminal acetylenes is 1. The average Bonchev–Trinajstić information content (AvgIpc) is 2.81. The van der Waals surface area contributed by atoms with Crippen molar-refractivity contribution < 1.29 is 0 Å². The predicted octanol–water partition coefficient (Wildman–Crippen LogP) is 0.0285. The maximum absolute atomic E-state index is 5.62. The van der Waals surface area contributed by atoms with Crippen LogP contribution in [0, 0.1) is 12.3 Å². The smallest absolute Gasteiger partial charge is 0.192 e. The molecule has 0 aromatic carbocycles. The van der Waals surface area contributed by atoms with Gasteiger partial charge >= 0.3 is 0 Å². The van der Waals surface area contributed by atoms with Gasteiger partial charge in [-0.2, -0.15) is 0 Å². The first-order chi connectivity index (χ1) is 5.25. The van der Waals surface area contributed by atoms with Crippen LogP contribution in [-0.2, 0) is 0 Å². The molecule has 2 N–H and O–H groups in total. The lowest BCUT2D eigenvalue weighted by Gasteiger charge is -2.16. The lowest BCUT2D eigenvalue weighted by molar-refractivity contribution is 0.488. The molecule has 0 heterocycles. The van der Waals surface area contributed by atoms with Crippen LogP contribution >= 0.6 is 0 Å². The van der Waals surface area contributed by atoms with Gasteiger partial charge in [0.25, 0.3) is 0 Å². The summed E-state index contributed by atoms with van der Waals surface area (Å²) < 4.78 is 0. The fraction of sp³-hybridized carbons (Fsp3) is 0.625. The van der Waals surface area contributed by atoms with Gasteiger partial charge in [0.05, 0.1) is 0 Å². The Balaban J connectivity index is 2.38. The molecule has 1 aliphatic rings. The molecule has 0 saturated heterocycles. The fourth-order valence-corrected chi connectivity index (χ4v) is 0.887. The minimum atomic E-state index is 0.378. The van der Waals surface area contributed by atoms with Crippen LogP contribution in [0.3, 0.4) is 0 Å². The van der Waals surface area contributed by atoms with E-state index in [2.05, 4.69) is 10.9 Å². The number of aliphatic imine (C=N–C) groups is 1. The number of hydrogen-bond donors (Lipinski definition) is 1. The topological polar surface area (TPSA) is 41.6 Å². The van der Waals surface area contributed by atoms with Crippen LogP contribution in [0.25, 0.3) is 0 Å². The van der Waals surface area contributed by atoms with Crippen molar-refractivity contribution in [3.05, 3.63) is 0 Å². The van der Waals surface area contributed by atoms with Gasteiger partial charge < -0.3 is 10.6 Å². The van der Waals surface area contributed by atoms with Crippen LogP contribution < -0.4 is 5.73 Å². The summed E-state index contributed by atoms with van der Waals surface area (Å²) in [4.78, 5) is 5.97. The quantitative estimate of drug-likeness (QED) is 0.343. The highest BCUT2D eigenvalue weighted by molar-refractivity contribution is 5.78. The van der Waals surface area contributed by atoms with Crippen LogP contribution in [0.5, 0.6) is 0 Å². The van der Waals surface area contributed by atoms with Gasteiger partial charge in [0, 0.05) is 13.1 Å². The minimum absolute atomic E-state index is 0.378. The summed E-state index contributed by atoms with van der Waals surface area (Å²) in [6.07, 6.45) is 7.49. The second kappa shape index (κ2) is 3.29. The van der Waals surface area contributed by atoms with Crippen molar-refractivity contribution in [2.75, 3.05) is 13.6 Å². The summed E-state index contributed by atoms with van der Waals surface area (Å²) in [6.45, 7) is 0.378. The number of nitrogens with zero attached hydrogens (tertiary/aromatic N) is 2. The zero-order valence-electron chi connectivity index (χ0n) is 6.75. The molecule has 0 spiro atoms. The molecule has 0 aromatic heterocycles. The minimum Gasteiger partial charge on any atom is -0.370 e. The molecule has 3 nitrogen and oxygen atoms in total. The van der Waals surface area contributed by atoms with E-state index in [-0.39, 0.29) is 0 Å². The van der Waals surface area contributed by atoms with Crippen molar-refractivity contribution in [3.8, 4) is 12.3 Å². The molecular weight excluding hydrogens is 138 g/mol. The number of rotatable bonds is 2. The van der Waals surface area contributed by atoms with Gasteiger partial charge in [0.1, 0.15) is 6.54 Å². The Morgan fingerprint density at radius 1 is 1.82 bits per heavy atom. The van der Waals surface area contributed by atoms with E-state index in [4.69, 9.17) is 12.2 Å². The molecule has 1 rings (SSSR count). The van der Waals surface area contributed by atoms with E-state index in [0.717, 1.165) is 0 Å². The molecule has 0 aliphatic heterocycles. The third-order valence-electron chi connectivity index (χ3n) is 1.79. The Morgan fingerprint density at radius 3 is 2.91 bits per heavy atom. The Kier molecular flexibility index (Phi) is 2.37. The van der Waals surface area contributed by atoms with Crippen LogP contribution in [-0.4, -0.2) is 30.5 Å². The van der Waals surface area contributed by atoms with Crippen LogP contribution in [0.1, 0.15) is 12.8 Å². The number of nitrogens with two attached hydrogens (primary N) is 1. The normalized spacial score (nSPS) is 17.6. The molecule has 0 bridgehead atoms. The van der Waals surface area contributed by atoms with Crippen LogP contribution in [0.2, 0.25) is 0 Å². The van der Waals surface area contributed by atoms with Gasteiger partial charge in [-0.05, 0) is 12.8 Å². The highest BCUT2D eigenvalue weighted by Crippen LogP contribution is 2.24. The lowest BCUT2D eigenvalue weighted by Crippen LogP contribution is -2.35. The molecule has 0 amide bonds. The Labute approximate surface area is 67.3 Å². The summed E-state index contributed by atoms with van der Waals surface area (Å²) in [5, 5.41) is 0. The highest BCUT2D eigenvalue weighted by atomic mass is 15.3. The summed E-state index contributed by atoms with van der Waals surface area (Å²) in [6, 6.07) is 0.608. The zero-order valence-corrected chi connectivity index (χ0v) is 6.75. The number of guanidine groups is 1.